The molecular formula is C19H20N2O. The second-order valence-corrected chi connectivity index (χ2v) is 6.37. The van der Waals surface area contributed by atoms with Crippen molar-refractivity contribution in [1.29, 1.82) is 0 Å². The molecule has 2 aromatic carbocycles. The molecule has 0 amide bonds. The molecule has 3 unspecified atom stereocenters. The second-order valence-electron chi connectivity index (χ2n) is 6.37. The fraction of sp³-hybridized carbons (Fsp3) is 0.316. The zero-order chi connectivity index (χ0) is 15.1. The van der Waals surface area contributed by atoms with Crippen molar-refractivity contribution in [2.75, 3.05) is 10.6 Å². The fourth-order valence-corrected chi connectivity index (χ4v) is 4.12. The van der Waals surface area contributed by atoms with Gasteiger partial charge in [-0.1, -0.05) is 30.3 Å². The maximum absolute atomic E-state index is 12.4. The van der Waals surface area contributed by atoms with Crippen molar-refractivity contribution in [1.82, 2.24) is 0 Å². The molecule has 5 rings (SSSR count). The van der Waals surface area contributed by atoms with E-state index in [1.165, 1.54) is 5.69 Å². The Labute approximate surface area is 130 Å². The van der Waals surface area contributed by atoms with E-state index in [9.17, 15) is 4.79 Å². The van der Waals surface area contributed by atoms with E-state index < -0.39 is 0 Å². The molecule has 112 valence electrons. The smallest absolute Gasteiger partial charge is 0.140 e. The topological polar surface area (TPSA) is 46.3 Å². The number of piperidine rings is 2. The van der Waals surface area contributed by atoms with Gasteiger partial charge >= 0.3 is 0 Å². The van der Waals surface area contributed by atoms with E-state index in [-0.39, 0.29) is 12.0 Å². The summed E-state index contributed by atoms with van der Waals surface area (Å²) >= 11 is 0. The summed E-state index contributed by atoms with van der Waals surface area (Å²) in [5, 5.41) is 0. The Morgan fingerprint density at radius 2 is 1.82 bits per heavy atom. The summed E-state index contributed by atoms with van der Waals surface area (Å²) in [5.74, 6) is 0.503. The highest BCUT2D eigenvalue weighted by Crippen LogP contribution is 2.47. The molecule has 22 heavy (non-hydrogen) atoms. The van der Waals surface area contributed by atoms with Crippen molar-refractivity contribution in [2.24, 2.45) is 5.92 Å². The van der Waals surface area contributed by atoms with Crippen molar-refractivity contribution in [2.45, 2.75) is 31.3 Å². The molecule has 0 aromatic heterocycles. The van der Waals surface area contributed by atoms with Gasteiger partial charge in [0.25, 0.3) is 0 Å². The van der Waals surface area contributed by atoms with Gasteiger partial charge in [-0.15, -0.1) is 0 Å². The van der Waals surface area contributed by atoms with Gasteiger partial charge in [-0.2, -0.15) is 0 Å². The second kappa shape index (κ2) is 5.16. The first-order valence-corrected chi connectivity index (χ1v) is 7.95. The Balaban J connectivity index is 1.82. The predicted molar refractivity (Wildman–Crippen MR) is 88.7 cm³/mol. The van der Waals surface area contributed by atoms with E-state index in [4.69, 9.17) is 5.73 Å². The fourth-order valence-electron chi connectivity index (χ4n) is 4.12. The van der Waals surface area contributed by atoms with Crippen molar-refractivity contribution >= 4 is 17.2 Å². The Morgan fingerprint density at radius 3 is 2.55 bits per heavy atom. The number of nitrogens with zero attached hydrogens (tertiary/aromatic N) is 1. The molecule has 2 N–H and O–H groups in total. The molecule has 2 aromatic rings. The van der Waals surface area contributed by atoms with Crippen molar-refractivity contribution < 1.29 is 4.79 Å². The van der Waals surface area contributed by atoms with Gasteiger partial charge in [0.1, 0.15) is 5.78 Å². The van der Waals surface area contributed by atoms with Gasteiger partial charge in [-0.05, 0) is 42.7 Å². The molecule has 2 bridgehead atoms. The Bertz CT molecular complexity index is 698. The standard InChI is InChI=1S/C19H20N2O/c20-14-6-4-5-13(11-14)19-17-10-9-16(12-18(17)22)21(19)15-7-2-1-3-8-15/h1-8,11,16-17,19H,9-10,12,20H2. The predicted octanol–water partition coefficient (Wildman–Crippen LogP) is 3.57. The highest BCUT2D eigenvalue weighted by Gasteiger charge is 2.47. The molecule has 3 aliphatic rings. The van der Waals surface area contributed by atoms with Crippen LogP contribution in [0.2, 0.25) is 0 Å². The van der Waals surface area contributed by atoms with Gasteiger partial charge in [-0.3, -0.25) is 4.79 Å². The number of hydrogen-bond acceptors (Lipinski definition) is 3. The minimum Gasteiger partial charge on any atom is -0.399 e. The summed E-state index contributed by atoms with van der Waals surface area (Å²) in [7, 11) is 0. The third-order valence-corrected chi connectivity index (χ3v) is 5.04. The lowest BCUT2D eigenvalue weighted by Crippen LogP contribution is -2.54. The number of Topliss-reactive ketones (excluding diaryl/α,β-unsaturated/α-hetero) is 1. The van der Waals surface area contributed by atoms with Gasteiger partial charge in [0.15, 0.2) is 0 Å². The maximum atomic E-state index is 12.4. The molecule has 2 heterocycles. The number of anilines is 2. The summed E-state index contributed by atoms with van der Waals surface area (Å²) in [5.41, 5.74) is 9.11. The van der Waals surface area contributed by atoms with Gasteiger partial charge < -0.3 is 10.6 Å². The van der Waals surface area contributed by atoms with Gasteiger partial charge in [0.2, 0.25) is 0 Å². The van der Waals surface area contributed by atoms with E-state index >= 15 is 0 Å². The first kappa shape index (κ1) is 13.4. The minimum atomic E-state index is 0.0898. The molecule has 2 saturated heterocycles. The molecule has 1 saturated carbocycles. The number of para-hydroxylation sites is 1. The number of nitrogen functional groups attached to an aromatic ring is 1. The van der Waals surface area contributed by atoms with Crippen LogP contribution in [0.15, 0.2) is 54.6 Å². The highest BCUT2D eigenvalue weighted by molar-refractivity contribution is 5.86. The van der Waals surface area contributed by atoms with Crippen molar-refractivity contribution in [3.8, 4) is 0 Å². The number of rotatable bonds is 2. The van der Waals surface area contributed by atoms with Gasteiger partial charge in [0, 0.05) is 29.8 Å². The quantitative estimate of drug-likeness (QED) is 0.861. The lowest BCUT2D eigenvalue weighted by molar-refractivity contribution is -0.128. The van der Waals surface area contributed by atoms with Gasteiger partial charge in [-0.25, -0.2) is 0 Å². The van der Waals surface area contributed by atoms with Crippen LogP contribution in [0, 0.1) is 5.92 Å². The zero-order valence-corrected chi connectivity index (χ0v) is 12.5. The Hall–Kier alpha value is -2.29. The number of ketones is 1. The third kappa shape index (κ3) is 2.08. The first-order chi connectivity index (χ1) is 10.7. The zero-order valence-electron chi connectivity index (χ0n) is 12.5. The normalized spacial score (nSPS) is 27.2. The summed E-state index contributed by atoms with van der Waals surface area (Å²) in [6.45, 7) is 0. The maximum Gasteiger partial charge on any atom is 0.140 e. The summed E-state index contributed by atoms with van der Waals surface area (Å²) < 4.78 is 0. The van der Waals surface area contributed by atoms with Crippen LogP contribution < -0.4 is 10.6 Å². The van der Waals surface area contributed by atoms with Crippen LogP contribution in [-0.4, -0.2) is 11.8 Å². The SMILES string of the molecule is Nc1cccc(C2C3CCC(CC3=O)N2c2ccccc2)c1. The summed E-state index contributed by atoms with van der Waals surface area (Å²) in [4.78, 5) is 14.9. The van der Waals surface area contributed by atoms with Crippen LogP contribution in [0.1, 0.15) is 30.9 Å². The molecule has 2 aliphatic heterocycles. The number of nitrogens with two attached hydrogens (primary N) is 1. The van der Waals surface area contributed by atoms with Crippen LogP contribution in [-0.2, 0) is 4.79 Å². The summed E-state index contributed by atoms with van der Waals surface area (Å²) in [6.07, 6.45) is 2.77. The summed E-state index contributed by atoms with van der Waals surface area (Å²) in [6, 6.07) is 18.9. The largest absolute Gasteiger partial charge is 0.399 e. The Morgan fingerprint density at radius 1 is 1.00 bits per heavy atom. The third-order valence-electron chi connectivity index (χ3n) is 5.04. The molecule has 3 fully saturated rings. The van der Waals surface area contributed by atoms with E-state index in [2.05, 4.69) is 35.2 Å². The number of carbonyl (C=O) groups excluding carboxylic acids is 1. The van der Waals surface area contributed by atoms with E-state index in [1.807, 2.05) is 24.3 Å². The lowest BCUT2D eigenvalue weighted by Gasteiger charge is -2.52. The molecule has 1 aliphatic carbocycles. The number of fused-ring (bicyclic) bond motifs is 3. The number of carbonyl (C=O) groups is 1. The average Bonchev–Trinajstić information content (AvgIpc) is 2.55. The van der Waals surface area contributed by atoms with Crippen LogP contribution in [0.4, 0.5) is 11.4 Å². The molecule has 3 heteroatoms. The van der Waals surface area contributed by atoms with Crippen LogP contribution in [0.3, 0.4) is 0 Å². The van der Waals surface area contributed by atoms with Crippen molar-refractivity contribution in [3.63, 3.8) is 0 Å². The lowest BCUT2D eigenvalue weighted by atomic mass is 9.71. The number of hydrogen-bond donors (Lipinski definition) is 1. The first-order valence-electron chi connectivity index (χ1n) is 7.95. The van der Waals surface area contributed by atoms with Crippen LogP contribution >= 0.6 is 0 Å². The van der Waals surface area contributed by atoms with Crippen molar-refractivity contribution in [3.05, 3.63) is 60.2 Å². The monoisotopic (exact) mass is 292 g/mol. The average molecular weight is 292 g/mol. The molecular weight excluding hydrogens is 272 g/mol. The molecule has 0 spiro atoms. The minimum absolute atomic E-state index is 0.0898. The Kier molecular flexibility index (Phi) is 3.14. The highest BCUT2D eigenvalue weighted by atomic mass is 16.1. The van der Waals surface area contributed by atoms with Crippen LogP contribution in [0.5, 0.6) is 0 Å². The molecule has 3 atom stereocenters. The van der Waals surface area contributed by atoms with Crippen LogP contribution in [0.25, 0.3) is 0 Å². The molecule has 3 nitrogen and oxygen atoms in total. The molecule has 0 radical (unpaired) electrons. The van der Waals surface area contributed by atoms with E-state index in [0.717, 1.165) is 24.1 Å². The number of benzene rings is 2. The van der Waals surface area contributed by atoms with E-state index in [1.54, 1.807) is 0 Å². The van der Waals surface area contributed by atoms with Gasteiger partial charge in [0.05, 0.1) is 6.04 Å². The van der Waals surface area contributed by atoms with E-state index in [0.29, 0.717) is 18.2 Å².